The van der Waals surface area contributed by atoms with Crippen molar-refractivity contribution in [2.24, 2.45) is 0 Å². The van der Waals surface area contributed by atoms with Crippen LogP contribution in [0.3, 0.4) is 0 Å². The van der Waals surface area contributed by atoms with E-state index in [2.05, 4.69) is 16.9 Å². The molecule has 0 aromatic carbocycles. The van der Waals surface area contributed by atoms with Gasteiger partial charge in [0.2, 0.25) is 5.95 Å². The van der Waals surface area contributed by atoms with Crippen molar-refractivity contribution < 1.29 is 9.18 Å². The predicted molar refractivity (Wildman–Crippen MR) is 51.3 cm³/mol. The fraction of sp³-hybridized carbons (Fsp3) is 0.200. The smallest absolute Gasteiger partial charge is 0.270 e. The zero-order valence-electron chi connectivity index (χ0n) is 7.88. The lowest BCUT2D eigenvalue weighted by Gasteiger charge is -2.03. The van der Waals surface area contributed by atoms with Gasteiger partial charge in [0.25, 0.3) is 5.91 Å². The molecule has 4 heteroatoms. The number of hydrogen-bond acceptors (Lipinski definition) is 2. The van der Waals surface area contributed by atoms with Crippen molar-refractivity contribution in [3.63, 3.8) is 0 Å². The van der Waals surface area contributed by atoms with Gasteiger partial charge in [-0.3, -0.25) is 4.79 Å². The normalized spacial score (nSPS) is 9.57. The van der Waals surface area contributed by atoms with Crippen LogP contribution in [0.1, 0.15) is 17.4 Å². The van der Waals surface area contributed by atoms with Crippen molar-refractivity contribution in [2.45, 2.75) is 6.92 Å². The van der Waals surface area contributed by atoms with Gasteiger partial charge in [0.05, 0.1) is 0 Å². The zero-order valence-corrected chi connectivity index (χ0v) is 7.88. The highest BCUT2D eigenvalue weighted by atomic mass is 19.1. The second kappa shape index (κ2) is 4.50. The summed E-state index contributed by atoms with van der Waals surface area (Å²) in [6.07, 6.45) is 0. The molecule has 0 saturated carbocycles. The van der Waals surface area contributed by atoms with Gasteiger partial charge in [0, 0.05) is 6.54 Å². The first kappa shape index (κ1) is 10.4. The van der Waals surface area contributed by atoms with E-state index in [-0.39, 0.29) is 5.69 Å². The summed E-state index contributed by atoms with van der Waals surface area (Å²) >= 11 is 0. The van der Waals surface area contributed by atoms with E-state index in [1.54, 1.807) is 6.92 Å². The zero-order chi connectivity index (χ0) is 10.6. The summed E-state index contributed by atoms with van der Waals surface area (Å²) in [7, 11) is 0. The van der Waals surface area contributed by atoms with Gasteiger partial charge in [-0.05, 0) is 19.1 Å². The van der Waals surface area contributed by atoms with Crippen LogP contribution >= 0.6 is 0 Å². The number of carbonyl (C=O) groups excluding carboxylic acids is 1. The molecule has 0 aliphatic carbocycles. The number of amides is 1. The molecule has 0 aliphatic heterocycles. The molecule has 74 valence electrons. The van der Waals surface area contributed by atoms with Crippen LogP contribution < -0.4 is 5.32 Å². The van der Waals surface area contributed by atoms with Gasteiger partial charge in [-0.2, -0.15) is 4.39 Å². The molecule has 0 spiro atoms. The van der Waals surface area contributed by atoms with Gasteiger partial charge < -0.3 is 5.32 Å². The summed E-state index contributed by atoms with van der Waals surface area (Å²) in [6, 6.07) is 4.09. The third-order valence-corrected chi connectivity index (χ3v) is 1.50. The van der Waals surface area contributed by atoms with E-state index in [9.17, 15) is 9.18 Å². The molecule has 1 rings (SSSR count). The quantitative estimate of drug-likeness (QED) is 0.585. The van der Waals surface area contributed by atoms with Crippen LogP contribution in [0.15, 0.2) is 30.4 Å². The molecule has 1 aromatic heterocycles. The predicted octanol–water partition coefficient (Wildman–Crippen LogP) is 1.53. The van der Waals surface area contributed by atoms with Crippen LogP contribution in [0, 0.1) is 5.95 Å². The highest BCUT2D eigenvalue weighted by Gasteiger charge is 2.06. The lowest BCUT2D eigenvalue weighted by atomic mass is 10.3. The molecule has 0 unspecified atom stereocenters. The molecule has 0 saturated heterocycles. The Labute approximate surface area is 81.7 Å². The first-order valence-electron chi connectivity index (χ1n) is 4.14. The summed E-state index contributed by atoms with van der Waals surface area (Å²) < 4.78 is 12.6. The maximum atomic E-state index is 12.6. The average molecular weight is 194 g/mol. The van der Waals surface area contributed by atoms with Crippen LogP contribution in [0.4, 0.5) is 4.39 Å². The van der Waals surface area contributed by atoms with Crippen LogP contribution in [0.2, 0.25) is 0 Å². The second-order valence-corrected chi connectivity index (χ2v) is 2.99. The first-order valence-corrected chi connectivity index (χ1v) is 4.14. The molecule has 1 amide bonds. The Morgan fingerprint density at radius 3 is 2.93 bits per heavy atom. The third-order valence-electron chi connectivity index (χ3n) is 1.50. The van der Waals surface area contributed by atoms with E-state index >= 15 is 0 Å². The van der Waals surface area contributed by atoms with Crippen LogP contribution in [-0.2, 0) is 0 Å². The number of aromatic nitrogens is 1. The van der Waals surface area contributed by atoms with Gasteiger partial charge in [0.1, 0.15) is 5.69 Å². The first-order chi connectivity index (χ1) is 6.59. The van der Waals surface area contributed by atoms with Crippen LogP contribution in [0.25, 0.3) is 0 Å². The van der Waals surface area contributed by atoms with E-state index in [0.29, 0.717) is 6.54 Å². The highest BCUT2D eigenvalue weighted by Crippen LogP contribution is 1.97. The lowest BCUT2D eigenvalue weighted by molar-refractivity contribution is 0.0951. The number of hydrogen-bond donors (Lipinski definition) is 1. The molecule has 0 bridgehead atoms. The maximum Gasteiger partial charge on any atom is 0.270 e. The van der Waals surface area contributed by atoms with Gasteiger partial charge in [0.15, 0.2) is 0 Å². The molecule has 0 radical (unpaired) electrons. The van der Waals surface area contributed by atoms with Gasteiger partial charge in [-0.15, -0.1) is 0 Å². The Bertz CT molecular complexity index is 363. The molecular weight excluding hydrogens is 183 g/mol. The molecule has 1 N–H and O–H groups in total. The minimum Gasteiger partial charge on any atom is -0.347 e. The fourth-order valence-corrected chi connectivity index (χ4v) is 0.856. The summed E-state index contributed by atoms with van der Waals surface area (Å²) in [4.78, 5) is 14.8. The molecular formula is C10H11FN2O. The Hall–Kier alpha value is -1.71. The molecule has 3 nitrogen and oxygen atoms in total. The summed E-state index contributed by atoms with van der Waals surface area (Å²) in [5.74, 6) is -1.06. The average Bonchev–Trinajstić information content (AvgIpc) is 2.14. The van der Waals surface area contributed by atoms with Crippen molar-refractivity contribution in [3.05, 3.63) is 42.0 Å². The van der Waals surface area contributed by atoms with Crippen molar-refractivity contribution in [2.75, 3.05) is 6.54 Å². The van der Waals surface area contributed by atoms with E-state index < -0.39 is 11.9 Å². The number of pyridine rings is 1. The molecule has 0 atom stereocenters. The van der Waals surface area contributed by atoms with Crippen LogP contribution in [-0.4, -0.2) is 17.4 Å². The Morgan fingerprint density at radius 2 is 2.36 bits per heavy atom. The SMILES string of the molecule is C=C(C)CNC(=O)c1cccc(F)n1. The van der Waals surface area contributed by atoms with Crippen molar-refractivity contribution in [1.29, 1.82) is 0 Å². The second-order valence-electron chi connectivity index (χ2n) is 2.99. The monoisotopic (exact) mass is 194 g/mol. The molecule has 0 fully saturated rings. The molecule has 14 heavy (non-hydrogen) atoms. The third kappa shape index (κ3) is 2.97. The Balaban J connectivity index is 2.65. The topological polar surface area (TPSA) is 42.0 Å². The van der Waals surface area contributed by atoms with E-state index in [0.717, 1.165) is 5.57 Å². The van der Waals surface area contributed by atoms with Crippen molar-refractivity contribution in [3.8, 4) is 0 Å². The summed E-state index contributed by atoms with van der Waals surface area (Å²) in [6.45, 7) is 5.79. The highest BCUT2D eigenvalue weighted by molar-refractivity contribution is 5.92. The van der Waals surface area contributed by atoms with Crippen molar-refractivity contribution in [1.82, 2.24) is 10.3 Å². The molecule has 0 aliphatic rings. The number of nitrogens with one attached hydrogen (secondary N) is 1. The molecule has 1 heterocycles. The maximum absolute atomic E-state index is 12.6. The van der Waals surface area contributed by atoms with Gasteiger partial charge in [-0.1, -0.05) is 18.2 Å². The van der Waals surface area contributed by atoms with Gasteiger partial charge in [-0.25, -0.2) is 4.98 Å². The van der Waals surface area contributed by atoms with E-state index in [4.69, 9.17) is 0 Å². The number of halogens is 1. The minimum absolute atomic E-state index is 0.0752. The van der Waals surface area contributed by atoms with E-state index in [1.807, 2.05) is 0 Å². The number of carbonyl (C=O) groups is 1. The van der Waals surface area contributed by atoms with Crippen LogP contribution in [0.5, 0.6) is 0 Å². The number of rotatable bonds is 3. The lowest BCUT2D eigenvalue weighted by Crippen LogP contribution is -2.25. The fourth-order valence-electron chi connectivity index (χ4n) is 0.856. The van der Waals surface area contributed by atoms with Crippen molar-refractivity contribution >= 4 is 5.91 Å². The van der Waals surface area contributed by atoms with Gasteiger partial charge >= 0.3 is 0 Å². The Kier molecular flexibility index (Phi) is 3.34. The largest absolute Gasteiger partial charge is 0.347 e. The summed E-state index contributed by atoms with van der Waals surface area (Å²) in [5, 5.41) is 2.56. The summed E-state index contributed by atoms with van der Waals surface area (Å²) in [5.41, 5.74) is 0.904. The Morgan fingerprint density at radius 1 is 1.64 bits per heavy atom. The number of nitrogens with zero attached hydrogens (tertiary/aromatic N) is 1. The van der Waals surface area contributed by atoms with E-state index in [1.165, 1.54) is 18.2 Å². The standard InChI is InChI=1S/C10H11FN2O/c1-7(2)6-12-10(14)8-4-3-5-9(11)13-8/h3-5H,1,6H2,2H3,(H,12,14). The molecule has 1 aromatic rings. The minimum atomic E-state index is -0.659.